The number of aryl methyl sites for hydroxylation is 1. The van der Waals surface area contributed by atoms with E-state index in [0.29, 0.717) is 12.2 Å². The lowest BCUT2D eigenvalue weighted by atomic mass is 10.0. The van der Waals surface area contributed by atoms with Gasteiger partial charge in [0, 0.05) is 11.0 Å². The summed E-state index contributed by atoms with van der Waals surface area (Å²) in [6.45, 7) is 2.18. The summed E-state index contributed by atoms with van der Waals surface area (Å²) in [6, 6.07) is 5.27. The van der Waals surface area contributed by atoms with Crippen LogP contribution in [-0.4, -0.2) is 17.9 Å². The Morgan fingerprint density at radius 3 is 2.88 bits per heavy atom. The van der Waals surface area contributed by atoms with Crippen LogP contribution in [0.5, 0.6) is 0 Å². The molecule has 0 amide bonds. The van der Waals surface area contributed by atoms with Crippen LogP contribution >= 0.6 is 15.9 Å². The summed E-state index contributed by atoms with van der Waals surface area (Å²) in [6.07, 6.45) is 1.86. The number of nitrogen functional groups attached to an aromatic ring is 1. The molecule has 0 saturated heterocycles. The van der Waals surface area contributed by atoms with Crippen molar-refractivity contribution in [2.45, 2.75) is 19.8 Å². The van der Waals surface area contributed by atoms with Gasteiger partial charge in [0.15, 0.2) is 0 Å². The quantitative estimate of drug-likeness (QED) is 0.514. The number of rotatable bonds is 5. The first kappa shape index (κ1) is 13.0. The van der Waals surface area contributed by atoms with Crippen LogP contribution in [0.1, 0.15) is 29.3 Å². The average Bonchev–Trinajstić information content (AvgIpc) is 2.28. The van der Waals surface area contributed by atoms with Gasteiger partial charge in [0.25, 0.3) is 0 Å². The maximum atomic E-state index is 11.5. The van der Waals surface area contributed by atoms with E-state index in [1.54, 1.807) is 19.1 Å². The molecule has 0 atom stereocenters. The number of hydrogen-bond acceptors (Lipinski definition) is 3. The van der Waals surface area contributed by atoms with Gasteiger partial charge in [0.2, 0.25) is 0 Å². The zero-order valence-electron chi connectivity index (χ0n) is 9.33. The molecule has 0 heterocycles. The Bertz CT molecular complexity index is 366. The molecule has 2 N–H and O–H groups in total. The molecule has 1 aromatic carbocycles. The van der Waals surface area contributed by atoms with Gasteiger partial charge in [0.1, 0.15) is 0 Å². The van der Waals surface area contributed by atoms with Gasteiger partial charge in [-0.3, -0.25) is 0 Å². The van der Waals surface area contributed by atoms with Crippen molar-refractivity contribution in [3.63, 3.8) is 0 Å². The molecule has 0 radical (unpaired) electrons. The molecular formula is C12H16BrNO2. The lowest BCUT2D eigenvalue weighted by Gasteiger charge is -2.07. The Morgan fingerprint density at radius 2 is 2.25 bits per heavy atom. The SMILES string of the molecule is CCOC(=O)c1ccc(N)c(CCCBr)c1. The van der Waals surface area contributed by atoms with Crippen LogP contribution < -0.4 is 5.73 Å². The molecule has 4 heteroatoms. The van der Waals surface area contributed by atoms with Crippen molar-refractivity contribution in [2.75, 3.05) is 17.7 Å². The molecule has 0 unspecified atom stereocenters. The van der Waals surface area contributed by atoms with E-state index < -0.39 is 0 Å². The third-order valence-corrected chi connectivity index (χ3v) is 2.79. The fourth-order valence-electron chi connectivity index (χ4n) is 1.42. The molecule has 88 valence electrons. The highest BCUT2D eigenvalue weighted by Gasteiger charge is 2.08. The van der Waals surface area contributed by atoms with Crippen LogP contribution in [0.2, 0.25) is 0 Å². The van der Waals surface area contributed by atoms with Crippen molar-refractivity contribution in [2.24, 2.45) is 0 Å². The number of benzene rings is 1. The summed E-state index contributed by atoms with van der Waals surface area (Å²) in [5.74, 6) is -0.289. The largest absolute Gasteiger partial charge is 0.462 e. The predicted octanol–water partition coefficient (Wildman–Crippen LogP) is 2.77. The molecule has 0 saturated carbocycles. The van der Waals surface area contributed by atoms with Crippen LogP contribution in [0, 0.1) is 0 Å². The van der Waals surface area contributed by atoms with E-state index in [-0.39, 0.29) is 5.97 Å². The third-order valence-electron chi connectivity index (χ3n) is 2.23. The van der Waals surface area contributed by atoms with E-state index in [1.807, 2.05) is 6.07 Å². The minimum atomic E-state index is -0.289. The molecular weight excluding hydrogens is 270 g/mol. The molecule has 0 fully saturated rings. The molecule has 0 aliphatic carbocycles. The second-order valence-corrected chi connectivity index (χ2v) is 4.22. The monoisotopic (exact) mass is 285 g/mol. The van der Waals surface area contributed by atoms with Crippen molar-refractivity contribution in [3.8, 4) is 0 Å². The van der Waals surface area contributed by atoms with Gasteiger partial charge < -0.3 is 10.5 Å². The number of carbonyl (C=O) groups excluding carboxylic acids is 1. The molecule has 0 aliphatic rings. The molecule has 1 aromatic rings. The van der Waals surface area contributed by atoms with Crippen LogP contribution in [0.4, 0.5) is 5.69 Å². The number of hydrogen-bond donors (Lipinski definition) is 1. The number of halogens is 1. The minimum absolute atomic E-state index is 0.289. The Hall–Kier alpha value is -1.03. The molecule has 0 bridgehead atoms. The zero-order valence-corrected chi connectivity index (χ0v) is 10.9. The summed E-state index contributed by atoms with van der Waals surface area (Å²) in [7, 11) is 0. The number of ether oxygens (including phenoxy) is 1. The smallest absolute Gasteiger partial charge is 0.338 e. The fraction of sp³-hybridized carbons (Fsp3) is 0.417. The Balaban J connectivity index is 2.84. The second-order valence-electron chi connectivity index (χ2n) is 3.43. The molecule has 0 aliphatic heterocycles. The van der Waals surface area contributed by atoms with Gasteiger partial charge in [-0.1, -0.05) is 15.9 Å². The molecule has 16 heavy (non-hydrogen) atoms. The normalized spacial score (nSPS) is 10.1. The van der Waals surface area contributed by atoms with E-state index in [4.69, 9.17) is 10.5 Å². The molecule has 1 rings (SSSR count). The summed E-state index contributed by atoms with van der Waals surface area (Å²) < 4.78 is 4.94. The van der Waals surface area contributed by atoms with Gasteiger partial charge in [-0.15, -0.1) is 0 Å². The number of esters is 1. The first-order chi connectivity index (χ1) is 7.69. The fourth-order valence-corrected chi connectivity index (χ4v) is 1.70. The van der Waals surface area contributed by atoms with Crippen molar-refractivity contribution >= 4 is 27.6 Å². The third kappa shape index (κ3) is 3.52. The Morgan fingerprint density at radius 1 is 1.50 bits per heavy atom. The van der Waals surface area contributed by atoms with Gasteiger partial charge in [-0.2, -0.15) is 0 Å². The number of carbonyl (C=O) groups is 1. The average molecular weight is 286 g/mol. The lowest BCUT2D eigenvalue weighted by molar-refractivity contribution is 0.0526. The maximum absolute atomic E-state index is 11.5. The van der Waals surface area contributed by atoms with Crippen molar-refractivity contribution in [1.82, 2.24) is 0 Å². The van der Waals surface area contributed by atoms with Gasteiger partial charge in [-0.05, 0) is 43.5 Å². The van der Waals surface area contributed by atoms with Crippen molar-refractivity contribution in [3.05, 3.63) is 29.3 Å². The van der Waals surface area contributed by atoms with E-state index in [2.05, 4.69) is 15.9 Å². The highest BCUT2D eigenvalue weighted by atomic mass is 79.9. The highest BCUT2D eigenvalue weighted by molar-refractivity contribution is 9.09. The summed E-state index contributed by atoms with van der Waals surface area (Å²) >= 11 is 3.37. The van der Waals surface area contributed by atoms with Gasteiger partial charge in [0.05, 0.1) is 12.2 Å². The maximum Gasteiger partial charge on any atom is 0.338 e. The van der Waals surface area contributed by atoms with Crippen molar-refractivity contribution < 1.29 is 9.53 Å². The number of nitrogens with two attached hydrogens (primary N) is 1. The summed E-state index contributed by atoms with van der Waals surface area (Å²) in [5, 5.41) is 0.927. The van der Waals surface area contributed by atoms with Crippen LogP contribution in [0.3, 0.4) is 0 Å². The standard InChI is InChI=1S/C12H16BrNO2/c1-2-16-12(15)10-5-6-11(14)9(8-10)4-3-7-13/h5-6,8H,2-4,7,14H2,1H3. The van der Waals surface area contributed by atoms with Crippen LogP contribution in [0.15, 0.2) is 18.2 Å². The molecule has 3 nitrogen and oxygen atoms in total. The number of anilines is 1. The van der Waals surface area contributed by atoms with Crippen LogP contribution in [-0.2, 0) is 11.2 Å². The molecule has 0 spiro atoms. The van der Waals surface area contributed by atoms with Gasteiger partial charge in [-0.25, -0.2) is 4.79 Å². The first-order valence-electron chi connectivity index (χ1n) is 5.30. The topological polar surface area (TPSA) is 52.3 Å². The van der Waals surface area contributed by atoms with Crippen LogP contribution in [0.25, 0.3) is 0 Å². The highest BCUT2D eigenvalue weighted by Crippen LogP contribution is 2.17. The summed E-state index contributed by atoms with van der Waals surface area (Å²) in [5.41, 5.74) is 8.14. The van der Waals surface area contributed by atoms with Crippen molar-refractivity contribution in [1.29, 1.82) is 0 Å². The Labute approximate surface area is 104 Å². The van der Waals surface area contributed by atoms with Gasteiger partial charge >= 0.3 is 5.97 Å². The summed E-state index contributed by atoms with van der Waals surface area (Å²) in [4.78, 5) is 11.5. The van der Waals surface area contributed by atoms with E-state index in [9.17, 15) is 4.79 Å². The molecule has 0 aromatic heterocycles. The lowest BCUT2D eigenvalue weighted by Crippen LogP contribution is -2.06. The minimum Gasteiger partial charge on any atom is -0.462 e. The van der Waals surface area contributed by atoms with E-state index in [1.165, 1.54) is 0 Å². The zero-order chi connectivity index (χ0) is 12.0. The predicted molar refractivity (Wildman–Crippen MR) is 68.9 cm³/mol. The Kier molecular flexibility index (Phi) is 5.32. The van der Waals surface area contributed by atoms with E-state index in [0.717, 1.165) is 29.4 Å². The van der Waals surface area contributed by atoms with E-state index >= 15 is 0 Å². The first-order valence-corrected chi connectivity index (χ1v) is 6.42. The number of alkyl halides is 1. The second kappa shape index (κ2) is 6.53.